The van der Waals surface area contributed by atoms with Gasteiger partial charge in [-0.2, -0.15) is 0 Å². The van der Waals surface area contributed by atoms with E-state index < -0.39 is 11.6 Å². The van der Waals surface area contributed by atoms with Crippen molar-refractivity contribution in [1.29, 1.82) is 0 Å². The highest BCUT2D eigenvalue weighted by atomic mass is 19.1. The Balaban J connectivity index is 1.45. The molecule has 2 aliphatic rings. The SMILES string of the molecule is CCCCCC[C@@H](C)Oc1c(F)cc([C@H]2CC[C@H]([C@H]3CC[C@H](CCCCC)CC3)CC2)cc1F. The Morgan fingerprint density at radius 2 is 1.32 bits per heavy atom. The molecule has 1 aromatic carbocycles. The van der Waals surface area contributed by atoms with Crippen LogP contribution in [0.1, 0.15) is 141 Å². The minimum absolute atomic E-state index is 0.163. The molecule has 0 amide bonds. The molecule has 0 radical (unpaired) electrons. The van der Waals surface area contributed by atoms with Crippen LogP contribution in [0.4, 0.5) is 8.78 Å². The fourth-order valence-electron chi connectivity index (χ4n) is 6.60. The lowest BCUT2D eigenvalue weighted by molar-refractivity contribution is 0.155. The maximum absolute atomic E-state index is 14.8. The van der Waals surface area contributed by atoms with E-state index >= 15 is 0 Å². The summed E-state index contributed by atoms with van der Waals surface area (Å²) in [4.78, 5) is 0. The van der Waals surface area contributed by atoms with E-state index in [1.165, 1.54) is 77.0 Å². The zero-order chi connectivity index (χ0) is 24.3. The van der Waals surface area contributed by atoms with Gasteiger partial charge < -0.3 is 4.74 Å². The van der Waals surface area contributed by atoms with E-state index in [0.717, 1.165) is 55.4 Å². The highest BCUT2D eigenvalue weighted by Gasteiger charge is 2.31. The highest BCUT2D eigenvalue weighted by molar-refractivity contribution is 5.33. The van der Waals surface area contributed by atoms with Crippen molar-refractivity contribution in [3.05, 3.63) is 29.3 Å². The largest absolute Gasteiger partial charge is 0.485 e. The first-order valence-electron chi connectivity index (χ1n) is 14.7. The van der Waals surface area contributed by atoms with Gasteiger partial charge in [-0.25, -0.2) is 8.78 Å². The average Bonchev–Trinajstić information content (AvgIpc) is 2.85. The molecule has 0 saturated heterocycles. The van der Waals surface area contributed by atoms with Gasteiger partial charge in [-0.3, -0.25) is 0 Å². The first-order valence-corrected chi connectivity index (χ1v) is 14.7. The third-order valence-electron chi connectivity index (χ3n) is 8.82. The van der Waals surface area contributed by atoms with Crippen LogP contribution in [0, 0.1) is 29.4 Å². The van der Waals surface area contributed by atoms with E-state index in [0.29, 0.717) is 0 Å². The van der Waals surface area contributed by atoms with Gasteiger partial charge in [0.1, 0.15) is 0 Å². The number of hydrogen-bond acceptors (Lipinski definition) is 1. The molecule has 3 heteroatoms. The van der Waals surface area contributed by atoms with Crippen LogP contribution < -0.4 is 4.74 Å². The first-order chi connectivity index (χ1) is 16.5. The van der Waals surface area contributed by atoms with E-state index in [1.807, 2.05) is 6.92 Å². The van der Waals surface area contributed by atoms with E-state index in [1.54, 1.807) is 12.1 Å². The third-order valence-corrected chi connectivity index (χ3v) is 8.82. The molecule has 0 unspecified atom stereocenters. The number of ether oxygens (including phenoxy) is 1. The monoisotopic (exact) mass is 476 g/mol. The zero-order valence-electron chi connectivity index (χ0n) is 22.2. The summed E-state index contributed by atoms with van der Waals surface area (Å²) in [5.41, 5.74) is 0.830. The molecule has 194 valence electrons. The van der Waals surface area contributed by atoms with Crippen molar-refractivity contribution in [2.45, 2.75) is 142 Å². The molecule has 1 atom stereocenters. The van der Waals surface area contributed by atoms with Crippen LogP contribution in [0.2, 0.25) is 0 Å². The van der Waals surface area contributed by atoms with Crippen LogP contribution in [0.3, 0.4) is 0 Å². The lowest BCUT2D eigenvalue weighted by Crippen LogP contribution is -2.25. The summed E-state index contributed by atoms with van der Waals surface area (Å²) in [6, 6.07) is 3.10. The third kappa shape index (κ3) is 8.23. The summed E-state index contributed by atoms with van der Waals surface area (Å²) in [6.07, 6.45) is 21.0. The molecule has 2 fully saturated rings. The molecule has 34 heavy (non-hydrogen) atoms. The highest BCUT2D eigenvalue weighted by Crippen LogP contribution is 2.45. The zero-order valence-corrected chi connectivity index (χ0v) is 22.2. The minimum Gasteiger partial charge on any atom is -0.485 e. The summed E-state index contributed by atoms with van der Waals surface area (Å²) in [7, 11) is 0. The second-order valence-corrected chi connectivity index (χ2v) is 11.5. The van der Waals surface area contributed by atoms with Crippen molar-refractivity contribution in [2.75, 3.05) is 0 Å². The minimum atomic E-state index is -0.529. The first kappa shape index (κ1) is 27.5. The fourth-order valence-corrected chi connectivity index (χ4v) is 6.60. The Labute approximate surface area is 208 Å². The predicted octanol–water partition coefficient (Wildman–Crippen LogP) is 10.4. The number of benzene rings is 1. The second kappa shape index (κ2) is 14.4. The Kier molecular flexibility index (Phi) is 11.7. The molecule has 0 bridgehead atoms. The Morgan fingerprint density at radius 1 is 0.765 bits per heavy atom. The maximum atomic E-state index is 14.8. The molecule has 1 aromatic rings. The summed E-state index contributed by atoms with van der Waals surface area (Å²) in [5, 5.41) is 0. The molecule has 0 heterocycles. The number of unbranched alkanes of at least 4 members (excludes halogenated alkanes) is 5. The lowest BCUT2D eigenvalue weighted by Gasteiger charge is -2.38. The molecule has 0 N–H and O–H groups in total. The van der Waals surface area contributed by atoms with Crippen molar-refractivity contribution in [2.24, 2.45) is 17.8 Å². The van der Waals surface area contributed by atoms with Crippen molar-refractivity contribution in [3.63, 3.8) is 0 Å². The summed E-state index contributed by atoms with van der Waals surface area (Å²) >= 11 is 0. The summed E-state index contributed by atoms with van der Waals surface area (Å²) in [5.74, 6) is 1.70. The molecule has 2 saturated carbocycles. The lowest BCUT2D eigenvalue weighted by atomic mass is 9.68. The molecule has 0 aromatic heterocycles. The predicted molar refractivity (Wildman–Crippen MR) is 139 cm³/mol. The Hall–Kier alpha value is -1.12. The van der Waals surface area contributed by atoms with Crippen molar-refractivity contribution in [3.8, 4) is 5.75 Å². The van der Waals surface area contributed by atoms with Gasteiger partial charge in [-0.15, -0.1) is 0 Å². The van der Waals surface area contributed by atoms with E-state index in [-0.39, 0.29) is 17.8 Å². The fraction of sp³-hybridized carbons (Fsp3) is 0.806. The average molecular weight is 477 g/mol. The molecular formula is C31H50F2O. The summed E-state index contributed by atoms with van der Waals surface area (Å²) < 4.78 is 35.3. The standard InChI is InChI=1S/C31H50F2O/c1-4-6-8-10-11-23(3)34-31-29(32)21-28(22-30(31)33)27-19-17-26(18-20-27)25-15-13-24(14-16-25)12-9-7-5-2/h21-27H,4-20H2,1-3H3/t23-,24-,25-,26-,27-/m1/s1. The van der Waals surface area contributed by atoms with Crippen molar-refractivity contribution < 1.29 is 13.5 Å². The number of halogens is 2. The number of hydrogen-bond donors (Lipinski definition) is 0. The van der Waals surface area contributed by atoms with Gasteiger partial charge in [-0.1, -0.05) is 71.6 Å². The van der Waals surface area contributed by atoms with Gasteiger partial charge in [0, 0.05) is 0 Å². The molecule has 3 rings (SSSR count). The normalized spacial score (nSPS) is 26.4. The molecule has 2 aliphatic carbocycles. The van der Waals surface area contributed by atoms with E-state index in [2.05, 4.69) is 13.8 Å². The van der Waals surface area contributed by atoms with Gasteiger partial charge in [0.15, 0.2) is 17.4 Å². The Bertz CT molecular complexity index is 678. The van der Waals surface area contributed by atoms with Gasteiger partial charge >= 0.3 is 0 Å². The van der Waals surface area contributed by atoms with Gasteiger partial charge in [0.2, 0.25) is 0 Å². The maximum Gasteiger partial charge on any atom is 0.191 e. The van der Waals surface area contributed by atoms with Gasteiger partial charge in [0.05, 0.1) is 6.10 Å². The molecule has 1 nitrogen and oxygen atoms in total. The van der Waals surface area contributed by atoms with Crippen LogP contribution >= 0.6 is 0 Å². The smallest absolute Gasteiger partial charge is 0.191 e. The molecule has 0 aliphatic heterocycles. The quantitative estimate of drug-likeness (QED) is 0.257. The van der Waals surface area contributed by atoms with Crippen LogP contribution in [0.5, 0.6) is 5.75 Å². The van der Waals surface area contributed by atoms with Crippen molar-refractivity contribution in [1.82, 2.24) is 0 Å². The Morgan fingerprint density at radius 3 is 1.91 bits per heavy atom. The van der Waals surface area contributed by atoms with E-state index in [9.17, 15) is 8.78 Å². The topological polar surface area (TPSA) is 9.23 Å². The van der Waals surface area contributed by atoms with Crippen LogP contribution in [0.25, 0.3) is 0 Å². The number of rotatable bonds is 13. The molecule has 0 spiro atoms. The van der Waals surface area contributed by atoms with Crippen LogP contribution in [-0.2, 0) is 0 Å². The van der Waals surface area contributed by atoms with Crippen LogP contribution in [0.15, 0.2) is 12.1 Å². The van der Waals surface area contributed by atoms with Crippen LogP contribution in [-0.4, -0.2) is 6.10 Å². The van der Waals surface area contributed by atoms with E-state index in [4.69, 9.17) is 4.74 Å². The van der Waals surface area contributed by atoms with Crippen molar-refractivity contribution >= 4 is 0 Å². The summed E-state index contributed by atoms with van der Waals surface area (Å²) in [6.45, 7) is 6.38. The second-order valence-electron chi connectivity index (χ2n) is 11.5. The molecular weight excluding hydrogens is 426 g/mol. The van der Waals surface area contributed by atoms with Gasteiger partial charge in [0.25, 0.3) is 0 Å². The van der Waals surface area contributed by atoms with Gasteiger partial charge in [-0.05, 0) is 99.7 Å².